The second kappa shape index (κ2) is 6.65. The molecule has 0 saturated heterocycles. The summed E-state index contributed by atoms with van der Waals surface area (Å²) in [6.45, 7) is 2.30. The van der Waals surface area contributed by atoms with Gasteiger partial charge in [0.1, 0.15) is 5.82 Å². The second-order valence-corrected chi connectivity index (χ2v) is 4.75. The number of hydrogen-bond acceptors (Lipinski definition) is 3. The Balaban J connectivity index is 2.05. The second-order valence-electron chi connectivity index (χ2n) is 4.75. The molecule has 21 heavy (non-hydrogen) atoms. The van der Waals surface area contributed by atoms with E-state index in [2.05, 4.69) is 11.4 Å². The van der Waals surface area contributed by atoms with Crippen LogP contribution in [0.5, 0.6) is 0 Å². The molecule has 2 rings (SSSR count). The van der Waals surface area contributed by atoms with E-state index in [0.29, 0.717) is 23.2 Å². The van der Waals surface area contributed by atoms with Crippen LogP contribution in [-0.2, 0) is 6.54 Å². The number of rotatable bonds is 4. The van der Waals surface area contributed by atoms with Crippen molar-refractivity contribution in [3.8, 4) is 12.1 Å². The predicted molar refractivity (Wildman–Crippen MR) is 77.5 cm³/mol. The van der Waals surface area contributed by atoms with Crippen LogP contribution < -0.4 is 5.32 Å². The molecule has 3 nitrogen and oxygen atoms in total. The van der Waals surface area contributed by atoms with Gasteiger partial charge in [-0.25, -0.2) is 4.39 Å². The van der Waals surface area contributed by atoms with Crippen LogP contribution in [0, 0.1) is 28.5 Å². The van der Waals surface area contributed by atoms with Crippen LogP contribution in [0.1, 0.15) is 35.2 Å². The molecule has 2 aromatic rings. The molecule has 0 radical (unpaired) electrons. The molecule has 0 bridgehead atoms. The van der Waals surface area contributed by atoms with Gasteiger partial charge in [0.25, 0.3) is 0 Å². The molecule has 0 aliphatic rings. The Labute approximate surface area is 123 Å². The molecule has 0 aromatic heterocycles. The van der Waals surface area contributed by atoms with Crippen LogP contribution >= 0.6 is 0 Å². The predicted octanol–water partition coefficient (Wildman–Crippen LogP) is 3.42. The molecule has 0 aliphatic heterocycles. The maximum atomic E-state index is 13.7. The Kier molecular flexibility index (Phi) is 4.66. The van der Waals surface area contributed by atoms with E-state index < -0.39 is 0 Å². The summed E-state index contributed by atoms with van der Waals surface area (Å²) in [5.41, 5.74) is 2.54. The number of nitriles is 2. The van der Waals surface area contributed by atoms with Crippen LogP contribution in [0.4, 0.5) is 4.39 Å². The minimum Gasteiger partial charge on any atom is -0.306 e. The lowest BCUT2D eigenvalue weighted by Crippen LogP contribution is -2.18. The van der Waals surface area contributed by atoms with Gasteiger partial charge >= 0.3 is 0 Å². The first-order valence-corrected chi connectivity index (χ1v) is 6.56. The summed E-state index contributed by atoms with van der Waals surface area (Å²) in [7, 11) is 0. The van der Waals surface area contributed by atoms with Gasteiger partial charge in [-0.1, -0.05) is 12.1 Å². The number of benzene rings is 2. The van der Waals surface area contributed by atoms with Crippen molar-refractivity contribution >= 4 is 0 Å². The van der Waals surface area contributed by atoms with Crippen molar-refractivity contribution in [1.29, 1.82) is 10.5 Å². The molecule has 0 saturated carbocycles. The maximum absolute atomic E-state index is 13.7. The monoisotopic (exact) mass is 279 g/mol. The zero-order chi connectivity index (χ0) is 15.2. The Morgan fingerprint density at radius 1 is 1.05 bits per heavy atom. The highest BCUT2D eigenvalue weighted by Crippen LogP contribution is 2.15. The van der Waals surface area contributed by atoms with Crippen molar-refractivity contribution in [2.24, 2.45) is 0 Å². The van der Waals surface area contributed by atoms with Gasteiger partial charge in [0.05, 0.1) is 23.3 Å². The van der Waals surface area contributed by atoms with E-state index >= 15 is 0 Å². The smallest absolute Gasteiger partial charge is 0.127 e. The lowest BCUT2D eigenvalue weighted by atomic mass is 10.1. The number of nitrogens with zero attached hydrogens (tertiary/aromatic N) is 2. The molecule has 1 N–H and O–H groups in total. The molecular weight excluding hydrogens is 265 g/mol. The van der Waals surface area contributed by atoms with Crippen LogP contribution in [0.3, 0.4) is 0 Å². The van der Waals surface area contributed by atoms with Gasteiger partial charge in [-0.2, -0.15) is 10.5 Å². The quantitative estimate of drug-likeness (QED) is 0.932. The molecule has 0 heterocycles. The van der Waals surface area contributed by atoms with Gasteiger partial charge < -0.3 is 5.32 Å². The molecule has 1 unspecified atom stereocenters. The third-order valence-corrected chi connectivity index (χ3v) is 3.31. The van der Waals surface area contributed by atoms with E-state index in [1.807, 2.05) is 25.1 Å². The Morgan fingerprint density at radius 3 is 2.29 bits per heavy atom. The Bertz CT molecular complexity index is 708. The van der Waals surface area contributed by atoms with Gasteiger partial charge in [-0.05, 0) is 42.8 Å². The van der Waals surface area contributed by atoms with E-state index in [-0.39, 0.29) is 11.9 Å². The molecule has 0 aliphatic carbocycles. The summed E-state index contributed by atoms with van der Waals surface area (Å²) in [5.74, 6) is -0.325. The van der Waals surface area contributed by atoms with Crippen molar-refractivity contribution < 1.29 is 4.39 Å². The van der Waals surface area contributed by atoms with Gasteiger partial charge in [-0.15, -0.1) is 0 Å². The highest BCUT2D eigenvalue weighted by molar-refractivity contribution is 5.34. The zero-order valence-electron chi connectivity index (χ0n) is 11.6. The average molecular weight is 279 g/mol. The van der Waals surface area contributed by atoms with Gasteiger partial charge in [0, 0.05) is 18.2 Å². The Hall–Kier alpha value is -2.69. The molecule has 0 fully saturated rings. The summed E-state index contributed by atoms with van der Waals surface area (Å²) < 4.78 is 13.7. The van der Waals surface area contributed by atoms with E-state index in [4.69, 9.17) is 10.5 Å². The fraction of sp³-hybridized carbons (Fsp3) is 0.176. The molecular formula is C17H14FN3. The van der Waals surface area contributed by atoms with Crippen molar-refractivity contribution in [2.45, 2.75) is 19.5 Å². The molecule has 0 spiro atoms. The van der Waals surface area contributed by atoms with E-state index in [9.17, 15) is 4.39 Å². The maximum Gasteiger partial charge on any atom is 0.127 e. The molecule has 4 heteroatoms. The van der Waals surface area contributed by atoms with Crippen LogP contribution in [-0.4, -0.2) is 0 Å². The summed E-state index contributed by atoms with van der Waals surface area (Å²) in [6.07, 6.45) is 0. The standard InChI is InChI=1S/C17H14FN3/c1-12(15-5-2-13(9-19)3-6-15)21-11-16-8-14(10-20)4-7-17(16)18/h2-8,12,21H,11H2,1H3. The van der Waals surface area contributed by atoms with Crippen molar-refractivity contribution in [2.75, 3.05) is 0 Å². The average Bonchev–Trinajstić information content (AvgIpc) is 2.54. The molecule has 2 aromatic carbocycles. The van der Waals surface area contributed by atoms with Gasteiger partial charge in [0.2, 0.25) is 0 Å². The lowest BCUT2D eigenvalue weighted by molar-refractivity contribution is 0.544. The minimum atomic E-state index is -0.325. The topological polar surface area (TPSA) is 59.6 Å². The van der Waals surface area contributed by atoms with Crippen LogP contribution in [0.25, 0.3) is 0 Å². The lowest BCUT2D eigenvalue weighted by Gasteiger charge is -2.15. The summed E-state index contributed by atoms with van der Waals surface area (Å²) >= 11 is 0. The van der Waals surface area contributed by atoms with Gasteiger partial charge in [-0.3, -0.25) is 0 Å². The van der Waals surface area contributed by atoms with E-state index in [0.717, 1.165) is 5.56 Å². The fourth-order valence-electron chi connectivity index (χ4n) is 2.01. The number of halogens is 1. The largest absolute Gasteiger partial charge is 0.306 e. The molecule has 1 atom stereocenters. The highest BCUT2D eigenvalue weighted by Gasteiger charge is 2.08. The highest BCUT2D eigenvalue weighted by atomic mass is 19.1. The number of nitrogens with one attached hydrogen (secondary N) is 1. The first-order chi connectivity index (χ1) is 10.1. The van der Waals surface area contributed by atoms with Crippen LogP contribution in [0.2, 0.25) is 0 Å². The normalized spacial score (nSPS) is 11.4. The van der Waals surface area contributed by atoms with E-state index in [1.165, 1.54) is 12.1 Å². The van der Waals surface area contributed by atoms with Crippen molar-refractivity contribution in [3.05, 3.63) is 70.5 Å². The molecule has 0 amide bonds. The Morgan fingerprint density at radius 2 is 1.67 bits per heavy atom. The van der Waals surface area contributed by atoms with Crippen molar-refractivity contribution in [1.82, 2.24) is 5.32 Å². The third kappa shape index (κ3) is 3.66. The molecule has 104 valence electrons. The summed E-state index contributed by atoms with van der Waals surface area (Å²) in [4.78, 5) is 0. The third-order valence-electron chi connectivity index (χ3n) is 3.31. The summed E-state index contributed by atoms with van der Waals surface area (Å²) in [6, 6.07) is 15.7. The SMILES string of the molecule is CC(NCc1cc(C#N)ccc1F)c1ccc(C#N)cc1. The number of hydrogen-bond donors (Lipinski definition) is 1. The van der Waals surface area contributed by atoms with Crippen LogP contribution in [0.15, 0.2) is 42.5 Å². The first-order valence-electron chi connectivity index (χ1n) is 6.56. The zero-order valence-corrected chi connectivity index (χ0v) is 11.6. The first kappa shape index (κ1) is 14.7. The van der Waals surface area contributed by atoms with E-state index in [1.54, 1.807) is 18.2 Å². The van der Waals surface area contributed by atoms with Gasteiger partial charge in [0.15, 0.2) is 0 Å². The summed E-state index contributed by atoms with van der Waals surface area (Å²) in [5, 5.41) is 20.8. The minimum absolute atomic E-state index is 0.0166. The fourth-order valence-corrected chi connectivity index (χ4v) is 2.01. The van der Waals surface area contributed by atoms with Crippen molar-refractivity contribution in [3.63, 3.8) is 0 Å².